The van der Waals surface area contributed by atoms with E-state index < -0.39 is 0 Å². The fourth-order valence-electron chi connectivity index (χ4n) is 1.85. The minimum absolute atomic E-state index is 0.284. The second-order valence-electron chi connectivity index (χ2n) is 3.97. The fraction of sp³-hybridized carbons (Fsp3) is 0.357. The minimum Gasteiger partial charge on any atom is -0.300 e. The average Bonchev–Trinajstić information content (AvgIpc) is 2.28. The molecule has 1 nitrogen and oxygen atoms in total. The van der Waals surface area contributed by atoms with Gasteiger partial charge in [0, 0.05) is 24.3 Å². The molecule has 1 aliphatic rings. The fourth-order valence-corrected chi connectivity index (χ4v) is 1.85. The van der Waals surface area contributed by atoms with Crippen LogP contribution in [0.1, 0.15) is 31.2 Å². The normalized spacial score (nSPS) is 20.5. The third kappa shape index (κ3) is 2.95. The summed E-state index contributed by atoms with van der Waals surface area (Å²) in [6.45, 7) is 0. The van der Waals surface area contributed by atoms with E-state index in [1.807, 2.05) is 30.3 Å². The molecular weight excluding hydrogens is 184 g/mol. The highest BCUT2D eigenvalue weighted by Gasteiger charge is 2.16. The van der Waals surface area contributed by atoms with Gasteiger partial charge in [0.05, 0.1) is 0 Å². The Kier molecular flexibility index (Phi) is 3.19. The number of ketones is 1. The van der Waals surface area contributed by atoms with E-state index >= 15 is 0 Å². The zero-order valence-corrected chi connectivity index (χ0v) is 8.70. The molecule has 1 atom stereocenters. The van der Waals surface area contributed by atoms with Crippen molar-refractivity contribution in [2.45, 2.75) is 25.7 Å². The number of benzene rings is 1. The Morgan fingerprint density at radius 1 is 1.20 bits per heavy atom. The molecule has 76 valence electrons. The maximum absolute atomic E-state index is 11.2. The van der Waals surface area contributed by atoms with E-state index in [-0.39, 0.29) is 5.92 Å². The van der Waals surface area contributed by atoms with Gasteiger partial charge in [-0.1, -0.05) is 30.0 Å². The van der Waals surface area contributed by atoms with E-state index in [9.17, 15) is 4.79 Å². The molecule has 1 fully saturated rings. The van der Waals surface area contributed by atoms with Crippen LogP contribution in [0.3, 0.4) is 0 Å². The zero-order valence-electron chi connectivity index (χ0n) is 8.70. The maximum Gasteiger partial charge on any atom is 0.134 e. The molecule has 1 aliphatic carbocycles. The van der Waals surface area contributed by atoms with E-state index in [0.29, 0.717) is 12.2 Å². The van der Waals surface area contributed by atoms with Crippen molar-refractivity contribution < 1.29 is 4.79 Å². The summed E-state index contributed by atoms with van der Waals surface area (Å²) in [6.07, 6.45) is 3.49. The molecule has 0 heterocycles. The first kappa shape index (κ1) is 9.98. The molecule has 1 heteroatoms. The molecule has 0 unspecified atom stereocenters. The van der Waals surface area contributed by atoms with Crippen molar-refractivity contribution in [2.24, 2.45) is 5.92 Å². The Hall–Kier alpha value is -1.55. The molecule has 1 aromatic rings. The molecule has 0 spiro atoms. The monoisotopic (exact) mass is 198 g/mol. The number of hydrogen-bond acceptors (Lipinski definition) is 1. The van der Waals surface area contributed by atoms with Crippen LogP contribution in [0, 0.1) is 17.8 Å². The van der Waals surface area contributed by atoms with Crippen molar-refractivity contribution in [3.05, 3.63) is 35.9 Å². The molecule has 0 aromatic heterocycles. The van der Waals surface area contributed by atoms with Crippen molar-refractivity contribution in [2.75, 3.05) is 0 Å². The first-order valence-corrected chi connectivity index (χ1v) is 5.43. The lowest BCUT2D eigenvalue weighted by atomic mass is 9.89. The second kappa shape index (κ2) is 4.79. The lowest BCUT2D eigenvalue weighted by Gasteiger charge is -2.14. The Labute approximate surface area is 90.5 Å². The summed E-state index contributed by atoms with van der Waals surface area (Å²) in [6, 6.07) is 9.94. The standard InChI is InChI=1S/C14H14O/c15-14-8-4-7-13(11-14)10-9-12-5-2-1-3-6-12/h1-3,5-6,13H,4,7-8,11H2/t13-/m1/s1. The summed E-state index contributed by atoms with van der Waals surface area (Å²) in [4.78, 5) is 11.2. The Bertz CT molecular complexity index is 394. The highest BCUT2D eigenvalue weighted by molar-refractivity contribution is 5.79. The zero-order chi connectivity index (χ0) is 10.5. The van der Waals surface area contributed by atoms with Crippen LogP contribution >= 0.6 is 0 Å². The van der Waals surface area contributed by atoms with Gasteiger partial charge in [-0.15, -0.1) is 0 Å². The first-order valence-electron chi connectivity index (χ1n) is 5.43. The van der Waals surface area contributed by atoms with Gasteiger partial charge < -0.3 is 0 Å². The van der Waals surface area contributed by atoms with Crippen molar-refractivity contribution >= 4 is 5.78 Å². The van der Waals surface area contributed by atoms with Crippen LogP contribution in [-0.2, 0) is 4.79 Å². The number of hydrogen-bond donors (Lipinski definition) is 0. The van der Waals surface area contributed by atoms with Gasteiger partial charge in [-0.25, -0.2) is 0 Å². The third-order valence-corrected chi connectivity index (χ3v) is 2.68. The van der Waals surface area contributed by atoms with E-state index in [2.05, 4.69) is 11.8 Å². The van der Waals surface area contributed by atoms with Crippen molar-refractivity contribution in [1.82, 2.24) is 0 Å². The van der Waals surface area contributed by atoms with Gasteiger partial charge in [0.25, 0.3) is 0 Å². The van der Waals surface area contributed by atoms with Gasteiger partial charge in [0.1, 0.15) is 5.78 Å². The van der Waals surface area contributed by atoms with E-state index in [4.69, 9.17) is 0 Å². The molecule has 2 rings (SSSR count). The van der Waals surface area contributed by atoms with Crippen LogP contribution in [0.5, 0.6) is 0 Å². The predicted octanol–water partition coefficient (Wildman–Crippen LogP) is 2.80. The van der Waals surface area contributed by atoms with Crippen LogP contribution in [0.2, 0.25) is 0 Å². The van der Waals surface area contributed by atoms with Crippen molar-refractivity contribution in [1.29, 1.82) is 0 Å². The number of carbonyl (C=O) groups excluding carboxylic acids is 1. The summed E-state index contributed by atoms with van der Waals surface area (Å²) in [5, 5.41) is 0. The molecule has 1 saturated carbocycles. The summed E-state index contributed by atoms with van der Waals surface area (Å²) >= 11 is 0. The van der Waals surface area contributed by atoms with E-state index in [1.54, 1.807) is 0 Å². The molecule has 0 aliphatic heterocycles. The van der Waals surface area contributed by atoms with Gasteiger partial charge in [-0.2, -0.15) is 0 Å². The predicted molar refractivity (Wildman–Crippen MR) is 60.3 cm³/mol. The minimum atomic E-state index is 0.284. The smallest absolute Gasteiger partial charge is 0.134 e. The number of rotatable bonds is 0. The largest absolute Gasteiger partial charge is 0.300 e. The maximum atomic E-state index is 11.2. The number of carbonyl (C=O) groups is 1. The SMILES string of the molecule is O=C1CCC[C@H](C#Cc2ccccc2)C1. The van der Waals surface area contributed by atoms with Crippen LogP contribution in [0.15, 0.2) is 30.3 Å². The lowest BCUT2D eigenvalue weighted by Crippen LogP contribution is -2.13. The molecule has 0 radical (unpaired) electrons. The Morgan fingerprint density at radius 2 is 2.00 bits per heavy atom. The summed E-state index contributed by atoms with van der Waals surface area (Å²) < 4.78 is 0. The van der Waals surface area contributed by atoms with Crippen LogP contribution < -0.4 is 0 Å². The highest BCUT2D eigenvalue weighted by Crippen LogP contribution is 2.20. The molecule has 0 N–H and O–H groups in total. The Morgan fingerprint density at radius 3 is 2.73 bits per heavy atom. The van der Waals surface area contributed by atoms with E-state index in [0.717, 1.165) is 24.8 Å². The summed E-state index contributed by atoms with van der Waals surface area (Å²) in [7, 11) is 0. The van der Waals surface area contributed by atoms with Crippen LogP contribution in [0.25, 0.3) is 0 Å². The van der Waals surface area contributed by atoms with Gasteiger partial charge in [0.15, 0.2) is 0 Å². The molecule has 0 saturated heterocycles. The van der Waals surface area contributed by atoms with Crippen LogP contribution in [-0.4, -0.2) is 5.78 Å². The van der Waals surface area contributed by atoms with E-state index in [1.165, 1.54) is 0 Å². The first-order chi connectivity index (χ1) is 7.34. The van der Waals surface area contributed by atoms with Gasteiger partial charge in [0.2, 0.25) is 0 Å². The average molecular weight is 198 g/mol. The molecule has 1 aromatic carbocycles. The van der Waals surface area contributed by atoms with Gasteiger partial charge in [-0.3, -0.25) is 4.79 Å². The second-order valence-corrected chi connectivity index (χ2v) is 3.97. The quantitative estimate of drug-likeness (QED) is 0.586. The van der Waals surface area contributed by atoms with Crippen LogP contribution in [0.4, 0.5) is 0 Å². The molecular formula is C14H14O. The number of Topliss-reactive ketones (excluding diaryl/α,β-unsaturated/α-hetero) is 1. The van der Waals surface area contributed by atoms with Crippen molar-refractivity contribution in [3.63, 3.8) is 0 Å². The molecule has 0 bridgehead atoms. The van der Waals surface area contributed by atoms with Gasteiger partial charge in [-0.05, 0) is 25.0 Å². The highest BCUT2D eigenvalue weighted by atomic mass is 16.1. The third-order valence-electron chi connectivity index (χ3n) is 2.68. The Balaban J connectivity index is 2.02. The molecule has 0 amide bonds. The van der Waals surface area contributed by atoms with Crippen molar-refractivity contribution in [3.8, 4) is 11.8 Å². The topological polar surface area (TPSA) is 17.1 Å². The lowest BCUT2D eigenvalue weighted by molar-refractivity contribution is -0.120. The van der Waals surface area contributed by atoms with Gasteiger partial charge >= 0.3 is 0 Å². The summed E-state index contributed by atoms with van der Waals surface area (Å²) in [5.74, 6) is 6.98. The molecule has 15 heavy (non-hydrogen) atoms. The summed E-state index contributed by atoms with van der Waals surface area (Å²) in [5.41, 5.74) is 1.04.